The average Bonchev–Trinajstić information content (AvgIpc) is 2.99. The van der Waals surface area contributed by atoms with Gasteiger partial charge in [0.05, 0.1) is 17.6 Å². The molecule has 0 fully saturated rings. The molecule has 3 N–H and O–H groups in total. The number of rotatable bonds is 4. The van der Waals surface area contributed by atoms with Gasteiger partial charge in [-0.1, -0.05) is 6.07 Å². The summed E-state index contributed by atoms with van der Waals surface area (Å²) in [5, 5.41) is 10.4. The zero-order valence-corrected chi connectivity index (χ0v) is 15.5. The number of aromatic nitrogens is 3. The lowest BCUT2D eigenvalue weighted by Gasteiger charge is -2.26. The van der Waals surface area contributed by atoms with Crippen molar-refractivity contribution >= 4 is 11.9 Å². The molecule has 0 saturated carbocycles. The van der Waals surface area contributed by atoms with E-state index in [0.29, 0.717) is 22.4 Å². The molecule has 1 amide bonds. The van der Waals surface area contributed by atoms with Gasteiger partial charge in [-0.15, -0.1) is 0 Å². The highest BCUT2D eigenvalue weighted by molar-refractivity contribution is 6.09. The molecule has 3 heterocycles. The molecule has 1 aliphatic heterocycles. The normalized spacial score (nSPS) is 18.8. The molecule has 8 nitrogen and oxygen atoms in total. The van der Waals surface area contributed by atoms with E-state index in [1.165, 1.54) is 48.9 Å². The number of nitrogens with zero attached hydrogens (tertiary/aromatic N) is 5. The summed E-state index contributed by atoms with van der Waals surface area (Å²) < 4.78 is 13.2. The van der Waals surface area contributed by atoms with Gasteiger partial charge in [0.25, 0.3) is 5.91 Å². The number of carbonyl (C=O) groups excluding carboxylic acids is 1. The fourth-order valence-corrected chi connectivity index (χ4v) is 3.36. The SMILES string of the molecule is CN1C(=O)C(c2ccnc(CF)c2)(c2ccc(O)c(-c3cnccn3)c2)N=C1N. The first-order valence-corrected chi connectivity index (χ1v) is 8.72. The van der Waals surface area contributed by atoms with Gasteiger partial charge in [-0.2, -0.15) is 0 Å². The van der Waals surface area contributed by atoms with Crippen LogP contribution in [0.15, 0.2) is 60.1 Å². The molecule has 9 heteroatoms. The number of likely N-dealkylation sites (N-methyl/N-ethyl adjacent to an activating group) is 1. The third-order valence-electron chi connectivity index (χ3n) is 4.86. The van der Waals surface area contributed by atoms with Crippen molar-refractivity contribution in [1.29, 1.82) is 0 Å². The first-order valence-electron chi connectivity index (χ1n) is 8.72. The average molecular weight is 392 g/mol. The van der Waals surface area contributed by atoms with Crippen LogP contribution in [0.2, 0.25) is 0 Å². The van der Waals surface area contributed by atoms with E-state index >= 15 is 0 Å². The highest BCUT2D eigenvalue weighted by Gasteiger charge is 2.49. The number of aliphatic imine (C=N–C) groups is 1. The van der Waals surface area contributed by atoms with Crippen LogP contribution in [0.1, 0.15) is 16.8 Å². The van der Waals surface area contributed by atoms with E-state index in [-0.39, 0.29) is 17.4 Å². The number of nitrogens with two attached hydrogens (primary N) is 1. The predicted octanol–water partition coefficient (Wildman–Crippen LogP) is 1.74. The summed E-state index contributed by atoms with van der Waals surface area (Å²) in [6.07, 6.45) is 5.94. The summed E-state index contributed by atoms with van der Waals surface area (Å²) in [7, 11) is 1.52. The second-order valence-electron chi connectivity index (χ2n) is 6.54. The Kier molecular flexibility index (Phi) is 4.42. The number of alkyl halides is 1. The number of hydrogen-bond donors (Lipinski definition) is 2. The Bertz CT molecular complexity index is 1120. The maximum Gasteiger partial charge on any atom is 0.266 e. The number of aromatic hydroxyl groups is 1. The third kappa shape index (κ3) is 2.87. The molecule has 3 aromatic rings. The minimum Gasteiger partial charge on any atom is -0.507 e. The summed E-state index contributed by atoms with van der Waals surface area (Å²) >= 11 is 0. The summed E-state index contributed by atoms with van der Waals surface area (Å²) in [4.78, 5) is 31.2. The number of carbonyl (C=O) groups is 1. The largest absolute Gasteiger partial charge is 0.507 e. The number of hydrogen-bond acceptors (Lipinski definition) is 7. The summed E-state index contributed by atoms with van der Waals surface area (Å²) in [6.45, 7) is -0.784. The lowest BCUT2D eigenvalue weighted by molar-refractivity contribution is -0.129. The minimum atomic E-state index is -1.53. The summed E-state index contributed by atoms with van der Waals surface area (Å²) in [5.74, 6) is -0.399. The molecular weight excluding hydrogens is 375 g/mol. The zero-order chi connectivity index (χ0) is 20.6. The Morgan fingerprint density at radius 3 is 2.59 bits per heavy atom. The van der Waals surface area contributed by atoms with Gasteiger partial charge >= 0.3 is 0 Å². The van der Waals surface area contributed by atoms with Crippen molar-refractivity contribution in [2.24, 2.45) is 10.7 Å². The van der Waals surface area contributed by atoms with Gasteiger partial charge in [-0.05, 0) is 35.4 Å². The number of halogens is 1. The molecule has 2 aromatic heterocycles. The molecule has 1 atom stereocenters. The fourth-order valence-electron chi connectivity index (χ4n) is 3.36. The molecule has 1 unspecified atom stereocenters. The van der Waals surface area contributed by atoms with Crippen LogP contribution in [0, 0.1) is 0 Å². The van der Waals surface area contributed by atoms with Crippen LogP contribution in [0.4, 0.5) is 4.39 Å². The molecule has 29 heavy (non-hydrogen) atoms. The third-order valence-corrected chi connectivity index (χ3v) is 4.86. The van der Waals surface area contributed by atoms with Crippen LogP contribution in [0.3, 0.4) is 0 Å². The fraction of sp³-hybridized carbons (Fsp3) is 0.150. The van der Waals surface area contributed by atoms with Crippen LogP contribution < -0.4 is 5.73 Å². The predicted molar refractivity (Wildman–Crippen MR) is 103 cm³/mol. The van der Waals surface area contributed by atoms with Gasteiger partial charge in [0.15, 0.2) is 11.5 Å². The Labute approximate surface area is 165 Å². The van der Waals surface area contributed by atoms with Gasteiger partial charge < -0.3 is 10.8 Å². The number of pyridine rings is 1. The van der Waals surface area contributed by atoms with Crippen LogP contribution in [0.25, 0.3) is 11.3 Å². The van der Waals surface area contributed by atoms with Crippen molar-refractivity contribution in [3.63, 3.8) is 0 Å². The smallest absolute Gasteiger partial charge is 0.266 e. The highest BCUT2D eigenvalue weighted by atomic mass is 19.1. The molecule has 1 aromatic carbocycles. The van der Waals surface area contributed by atoms with Gasteiger partial charge in [0.1, 0.15) is 12.4 Å². The Balaban J connectivity index is 1.98. The van der Waals surface area contributed by atoms with Gasteiger partial charge in [0, 0.05) is 31.2 Å². The number of guanidine groups is 1. The first-order chi connectivity index (χ1) is 14.0. The van der Waals surface area contributed by atoms with Crippen molar-refractivity contribution in [1.82, 2.24) is 19.9 Å². The van der Waals surface area contributed by atoms with Crippen molar-refractivity contribution in [3.8, 4) is 17.0 Å². The second-order valence-corrected chi connectivity index (χ2v) is 6.54. The van der Waals surface area contributed by atoms with Crippen LogP contribution in [-0.4, -0.2) is 43.9 Å². The first kappa shape index (κ1) is 18.5. The van der Waals surface area contributed by atoms with Gasteiger partial charge in [0.2, 0.25) is 0 Å². The monoisotopic (exact) mass is 392 g/mol. The Hall–Kier alpha value is -3.88. The van der Waals surface area contributed by atoms with Gasteiger partial charge in [-0.3, -0.25) is 24.6 Å². The van der Waals surface area contributed by atoms with Crippen molar-refractivity contribution < 1.29 is 14.3 Å². The molecule has 1 aliphatic rings. The summed E-state index contributed by atoms with van der Waals surface area (Å²) in [6, 6.07) is 7.74. The van der Waals surface area contributed by atoms with Crippen LogP contribution in [0.5, 0.6) is 5.75 Å². The molecule has 0 bridgehead atoms. The number of phenols is 1. The van der Waals surface area contributed by atoms with Crippen LogP contribution in [-0.2, 0) is 17.0 Å². The molecular formula is C20H17FN6O2. The molecule has 0 aliphatic carbocycles. The van der Waals surface area contributed by atoms with Crippen molar-refractivity contribution in [2.75, 3.05) is 7.05 Å². The molecule has 4 rings (SSSR count). The zero-order valence-electron chi connectivity index (χ0n) is 15.5. The van der Waals surface area contributed by atoms with E-state index < -0.39 is 18.1 Å². The molecule has 0 spiro atoms. The minimum absolute atomic E-state index is 0.0284. The number of phenolic OH excluding ortho intramolecular Hbond substituents is 1. The van der Waals surface area contributed by atoms with E-state index in [1.807, 2.05) is 0 Å². The van der Waals surface area contributed by atoms with E-state index in [4.69, 9.17) is 5.73 Å². The molecule has 146 valence electrons. The lowest BCUT2D eigenvalue weighted by atomic mass is 9.82. The second kappa shape index (κ2) is 6.93. The van der Waals surface area contributed by atoms with Crippen LogP contribution >= 0.6 is 0 Å². The standard InChI is InChI=1S/C20H17FN6O2/c1-27-18(29)20(26-19(27)22,13-4-5-24-14(8-13)10-21)12-2-3-17(28)15(9-12)16-11-23-6-7-25-16/h2-9,11,28H,10H2,1H3,(H2,22,26). The molecule has 0 saturated heterocycles. The summed E-state index contributed by atoms with van der Waals surface area (Å²) in [5.41, 5.74) is 6.28. The Morgan fingerprint density at radius 2 is 1.93 bits per heavy atom. The van der Waals surface area contributed by atoms with Gasteiger partial charge in [-0.25, -0.2) is 9.38 Å². The van der Waals surface area contributed by atoms with E-state index in [0.717, 1.165) is 0 Å². The maximum absolute atomic E-state index is 13.3. The van der Waals surface area contributed by atoms with Crippen molar-refractivity contribution in [2.45, 2.75) is 12.2 Å². The lowest BCUT2D eigenvalue weighted by Crippen LogP contribution is -2.41. The topological polar surface area (TPSA) is 118 Å². The molecule has 0 radical (unpaired) electrons. The quantitative estimate of drug-likeness (QED) is 0.698. The van der Waals surface area contributed by atoms with E-state index in [2.05, 4.69) is 19.9 Å². The van der Waals surface area contributed by atoms with Crippen molar-refractivity contribution in [3.05, 3.63) is 71.9 Å². The Morgan fingerprint density at radius 1 is 1.14 bits per heavy atom. The number of amides is 1. The number of benzene rings is 1. The maximum atomic E-state index is 13.3. The highest BCUT2D eigenvalue weighted by Crippen LogP contribution is 2.42. The van der Waals surface area contributed by atoms with E-state index in [9.17, 15) is 14.3 Å². The van der Waals surface area contributed by atoms with E-state index in [1.54, 1.807) is 18.2 Å².